The van der Waals surface area contributed by atoms with Crippen LogP contribution in [0.2, 0.25) is 0 Å². The lowest BCUT2D eigenvalue weighted by atomic mass is 9.97. The van der Waals surface area contributed by atoms with Gasteiger partial charge < -0.3 is 10.0 Å². The number of hydrogen-bond donors (Lipinski definition) is 1. The third-order valence-corrected chi connectivity index (χ3v) is 7.87. The van der Waals surface area contributed by atoms with Gasteiger partial charge >= 0.3 is 11.9 Å². The zero-order valence-electron chi connectivity index (χ0n) is 17.7. The van der Waals surface area contributed by atoms with Crippen LogP contribution in [-0.2, 0) is 13.1 Å². The smallest absolute Gasteiger partial charge is 0.390 e. The fraction of sp³-hybridized carbons (Fsp3) is 0.571. The summed E-state index contributed by atoms with van der Waals surface area (Å²) < 4.78 is 40.4. The van der Waals surface area contributed by atoms with Gasteiger partial charge in [-0.2, -0.15) is 13.2 Å². The van der Waals surface area contributed by atoms with Crippen LogP contribution in [0.25, 0.3) is 10.2 Å². The molecule has 174 valence electrons. The number of rotatable bonds is 4. The highest BCUT2D eigenvalue weighted by molar-refractivity contribution is 7.20. The normalized spacial score (nSPS) is 23.4. The molecule has 1 N–H and O–H groups in total. The largest absolute Gasteiger partial charge is 0.392 e. The van der Waals surface area contributed by atoms with E-state index in [2.05, 4.69) is 6.58 Å². The molecule has 1 saturated heterocycles. The number of hydrogen-bond acceptors (Lipinski definition) is 5. The summed E-state index contributed by atoms with van der Waals surface area (Å²) in [5.41, 5.74) is -0.160. The van der Waals surface area contributed by atoms with E-state index in [1.54, 1.807) is 18.7 Å². The van der Waals surface area contributed by atoms with Crippen LogP contribution in [0.5, 0.6) is 0 Å². The molecule has 1 aliphatic carbocycles. The lowest BCUT2D eigenvalue weighted by Gasteiger charge is -2.18. The molecular formula is C21H24F3N3O4S. The molecule has 11 heteroatoms. The van der Waals surface area contributed by atoms with E-state index in [1.807, 2.05) is 0 Å². The molecule has 0 bridgehead atoms. The number of halogens is 3. The third kappa shape index (κ3) is 3.61. The molecule has 1 amide bonds. The molecule has 3 unspecified atom stereocenters. The average molecular weight is 472 g/mol. The van der Waals surface area contributed by atoms with Crippen molar-refractivity contribution in [2.24, 2.45) is 11.8 Å². The molecule has 3 atom stereocenters. The Bertz CT molecular complexity index is 1230. The van der Waals surface area contributed by atoms with E-state index in [4.69, 9.17) is 0 Å². The van der Waals surface area contributed by atoms with E-state index in [-0.39, 0.29) is 39.4 Å². The maximum atomic E-state index is 13.3. The van der Waals surface area contributed by atoms with Gasteiger partial charge in [0.05, 0.1) is 22.8 Å². The molecule has 4 rings (SSSR count). The number of carbonyl (C=O) groups excluding carboxylic acids is 1. The van der Waals surface area contributed by atoms with Crippen molar-refractivity contribution >= 4 is 27.5 Å². The Morgan fingerprint density at radius 1 is 1.25 bits per heavy atom. The highest BCUT2D eigenvalue weighted by Crippen LogP contribution is 2.42. The Kier molecular flexibility index (Phi) is 5.61. The number of aryl methyl sites for hydroxylation is 2. The molecule has 2 aromatic heterocycles. The summed E-state index contributed by atoms with van der Waals surface area (Å²) in [4.78, 5) is 40.9. The third-order valence-electron chi connectivity index (χ3n) is 6.57. The Morgan fingerprint density at radius 2 is 1.94 bits per heavy atom. The molecule has 2 fully saturated rings. The topological polar surface area (TPSA) is 84.5 Å². The van der Waals surface area contributed by atoms with Crippen molar-refractivity contribution in [1.29, 1.82) is 0 Å². The highest BCUT2D eigenvalue weighted by atomic mass is 32.1. The number of nitrogens with zero attached hydrogens (tertiary/aromatic N) is 3. The first-order valence-electron chi connectivity index (χ1n) is 10.4. The maximum Gasteiger partial charge on any atom is 0.390 e. The predicted molar refractivity (Wildman–Crippen MR) is 114 cm³/mol. The van der Waals surface area contributed by atoms with E-state index in [0.717, 1.165) is 26.0 Å². The van der Waals surface area contributed by atoms with Gasteiger partial charge in [-0.25, -0.2) is 4.79 Å². The molecule has 0 radical (unpaired) electrons. The number of amides is 1. The van der Waals surface area contributed by atoms with E-state index >= 15 is 0 Å². The number of aliphatic hydroxyl groups is 1. The second kappa shape index (κ2) is 7.87. The molecule has 1 aliphatic heterocycles. The molecule has 0 spiro atoms. The number of likely N-dealkylation sites (tertiary alicyclic amines) is 1. The van der Waals surface area contributed by atoms with E-state index < -0.39 is 36.5 Å². The Hall–Kier alpha value is -2.40. The molecule has 2 aliphatic rings. The minimum absolute atomic E-state index is 0.00548. The van der Waals surface area contributed by atoms with Crippen LogP contribution >= 0.6 is 11.3 Å². The fourth-order valence-electron chi connectivity index (χ4n) is 4.84. The van der Waals surface area contributed by atoms with Crippen molar-refractivity contribution in [2.75, 3.05) is 13.1 Å². The van der Waals surface area contributed by atoms with Crippen LogP contribution in [0, 0.1) is 18.8 Å². The van der Waals surface area contributed by atoms with Crippen LogP contribution in [0.15, 0.2) is 21.7 Å². The van der Waals surface area contributed by atoms with E-state index in [0.29, 0.717) is 25.1 Å². The molecule has 3 heterocycles. The first kappa shape index (κ1) is 22.8. The lowest BCUT2D eigenvalue weighted by Crippen LogP contribution is -2.39. The Balaban J connectivity index is 1.79. The summed E-state index contributed by atoms with van der Waals surface area (Å²) in [5, 5.41) is 10.3. The molecule has 2 aromatic rings. The standard InChI is InChI=1S/C21H24F3N3O4S/c1-4-26-17(29)15-11(3)16(32-19(15)27(20(26)31)6-5-21(22,23)24)18(30)25-8-12-10(2)7-14(28)13(12)9-25/h12-14,28H,2,4-9H2,1,3H3. The average Bonchev–Trinajstić information content (AvgIpc) is 3.35. The van der Waals surface area contributed by atoms with Crippen LogP contribution in [0.4, 0.5) is 13.2 Å². The summed E-state index contributed by atoms with van der Waals surface area (Å²) in [6, 6.07) is 0. The Labute approximate surface area is 185 Å². The number of carbonyl (C=O) groups is 1. The summed E-state index contributed by atoms with van der Waals surface area (Å²) in [6.45, 7) is 7.25. The van der Waals surface area contributed by atoms with Crippen LogP contribution in [0.1, 0.15) is 35.0 Å². The van der Waals surface area contributed by atoms with Gasteiger partial charge in [-0.1, -0.05) is 12.2 Å². The molecule has 1 saturated carbocycles. The van der Waals surface area contributed by atoms with Crippen molar-refractivity contribution in [3.8, 4) is 0 Å². The minimum Gasteiger partial charge on any atom is -0.392 e. The molecular weight excluding hydrogens is 447 g/mol. The number of alkyl halides is 3. The van der Waals surface area contributed by atoms with Gasteiger partial charge in [-0.05, 0) is 25.8 Å². The molecule has 0 aromatic carbocycles. The zero-order valence-corrected chi connectivity index (χ0v) is 18.6. The SMILES string of the molecule is C=C1CC(O)C2CN(C(=O)c3sc4c(c3C)c(=O)n(CC)c(=O)n4CCC(F)(F)F)CC12. The number of fused-ring (bicyclic) bond motifs is 2. The highest BCUT2D eigenvalue weighted by Gasteiger charge is 2.46. The monoisotopic (exact) mass is 471 g/mol. The Morgan fingerprint density at radius 3 is 2.53 bits per heavy atom. The van der Waals surface area contributed by atoms with Crippen molar-refractivity contribution in [3.05, 3.63) is 43.4 Å². The summed E-state index contributed by atoms with van der Waals surface area (Å²) in [7, 11) is 0. The van der Waals surface area contributed by atoms with Crippen molar-refractivity contribution in [1.82, 2.24) is 14.0 Å². The van der Waals surface area contributed by atoms with Gasteiger partial charge in [0.15, 0.2) is 0 Å². The van der Waals surface area contributed by atoms with Crippen molar-refractivity contribution < 1.29 is 23.1 Å². The van der Waals surface area contributed by atoms with Crippen LogP contribution in [0.3, 0.4) is 0 Å². The first-order valence-corrected chi connectivity index (χ1v) is 11.2. The van der Waals surface area contributed by atoms with Crippen molar-refractivity contribution in [3.63, 3.8) is 0 Å². The van der Waals surface area contributed by atoms with Crippen LogP contribution < -0.4 is 11.2 Å². The van der Waals surface area contributed by atoms with Gasteiger partial charge in [0.25, 0.3) is 11.5 Å². The predicted octanol–water partition coefficient (Wildman–Crippen LogP) is 2.51. The summed E-state index contributed by atoms with van der Waals surface area (Å²) in [5.74, 6) is -0.440. The van der Waals surface area contributed by atoms with Gasteiger partial charge in [0.2, 0.25) is 0 Å². The lowest BCUT2D eigenvalue weighted by molar-refractivity contribution is -0.136. The van der Waals surface area contributed by atoms with Gasteiger partial charge in [-0.3, -0.25) is 18.7 Å². The van der Waals surface area contributed by atoms with Gasteiger partial charge in [-0.15, -0.1) is 11.3 Å². The fourth-order valence-corrected chi connectivity index (χ4v) is 6.13. The molecule has 32 heavy (non-hydrogen) atoms. The van der Waals surface area contributed by atoms with E-state index in [1.165, 1.54) is 0 Å². The quantitative estimate of drug-likeness (QED) is 0.695. The second-order valence-electron chi connectivity index (χ2n) is 8.50. The second-order valence-corrected chi connectivity index (χ2v) is 9.49. The van der Waals surface area contributed by atoms with Gasteiger partial charge in [0.1, 0.15) is 4.83 Å². The van der Waals surface area contributed by atoms with Crippen molar-refractivity contribution in [2.45, 2.75) is 52.1 Å². The maximum absolute atomic E-state index is 13.3. The van der Waals surface area contributed by atoms with Gasteiger partial charge in [0, 0.05) is 38.0 Å². The van der Waals surface area contributed by atoms with Crippen LogP contribution in [-0.4, -0.2) is 50.4 Å². The zero-order chi connectivity index (χ0) is 23.5. The molecule has 7 nitrogen and oxygen atoms in total. The number of aliphatic hydroxyl groups excluding tert-OH is 1. The minimum atomic E-state index is -4.47. The number of thiophene rings is 1. The number of aromatic nitrogens is 2. The summed E-state index contributed by atoms with van der Waals surface area (Å²) in [6.07, 6.45) is -5.74. The van der Waals surface area contributed by atoms with E-state index in [9.17, 15) is 32.7 Å². The first-order chi connectivity index (χ1) is 14.9. The summed E-state index contributed by atoms with van der Waals surface area (Å²) >= 11 is 0.879.